The van der Waals surface area contributed by atoms with Crippen LogP contribution in [0.1, 0.15) is 38.3 Å². The molecule has 1 aromatic carbocycles. The van der Waals surface area contributed by atoms with Gasteiger partial charge < -0.3 is 10.1 Å². The molecule has 0 spiro atoms. The summed E-state index contributed by atoms with van der Waals surface area (Å²) in [6.07, 6.45) is 2.00. The highest BCUT2D eigenvalue weighted by Gasteiger charge is 2.21. The first kappa shape index (κ1) is 16.6. The van der Waals surface area contributed by atoms with E-state index in [2.05, 4.69) is 35.1 Å². The lowest BCUT2D eigenvalue weighted by atomic mass is 9.92. The molecule has 1 N–H and O–H groups in total. The van der Waals surface area contributed by atoms with Crippen molar-refractivity contribution >= 4 is 15.9 Å². The summed E-state index contributed by atoms with van der Waals surface area (Å²) in [5.74, 6) is 0.185. The number of hydrogen-bond donors (Lipinski definition) is 1. The first-order valence-electron chi connectivity index (χ1n) is 6.77. The number of nitrogens with one attached hydrogen (secondary N) is 1. The fourth-order valence-corrected chi connectivity index (χ4v) is 2.63. The van der Waals surface area contributed by atoms with Crippen LogP contribution in [0.25, 0.3) is 0 Å². The molecule has 0 bridgehead atoms. The number of ether oxygens (including phenoxy) is 1. The molecule has 0 saturated carbocycles. The van der Waals surface area contributed by atoms with E-state index >= 15 is 0 Å². The average molecular weight is 332 g/mol. The summed E-state index contributed by atoms with van der Waals surface area (Å²) >= 11 is 3.52. The molecule has 0 fully saturated rings. The Balaban J connectivity index is 2.91. The van der Waals surface area contributed by atoms with Crippen molar-refractivity contribution < 1.29 is 9.13 Å². The van der Waals surface area contributed by atoms with Gasteiger partial charge in [0.1, 0.15) is 5.82 Å². The SMILES string of the molecule is CCCNC(c1cc(F)ccc1Br)C(C)CCOC. The van der Waals surface area contributed by atoms with Gasteiger partial charge in [-0.3, -0.25) is 0 Å². The molecule has 1 rings (SSSR count). The van der Waals surface area contributed by atoms with Gasteiger partial charge in [-0.05, 0) is 49.1 Å². The smallest absolute Gasteiger partial charge is 0.123 e. The van der Waals surface area contributed by atoms with Crippen molar-refractivity contribution in [3.63, 3.8) is 0 Å². The van der Waals surface area contributed by atoms with Crippen LogP contribution in [0.4, 0.5) is 4.39 Å². The Bertz CT molecular complexity index is 386. The first-order valence-corrected chi connectivity index (χ1v) is 7.56. The predicted molar refractivity (Wildman–Crippen MR) is 80.8 cm³/mol. The maximum atomic E-state index is 13.5. The lowest BCUT2D eigenvalue weighted by molar-refractivity contribution is 0.170. The van der Waals surface area contributed by atoms with Crippen LogP contribution in [0.2, 0.25) is 0 Å². The highest BCUT2D eigenvalue weighted by Crippen LogP contribution is 2.31. The van der Waals surface area contributed by atoms with E-state index in [-0.39, 0.29) is 11.9 Å². The van der Waals surface area contributed by atoms with E-state index in [0.29, 0.717) is 5.92 Å². The molecule has 0 aliphatic rings. The molecule has 0 saturated heterocycles. The summed E-state index contributed by atoms with van der Waals surface area (Å²) < 4.78 is 19.6. The molecule has 2 nitrogen and oxygen atoms in total. The Morgan fingerprint density at radius 2 is 2.16 bits per heavy atom. The molecule has 2 atom stereocenters. The van der Waals surface area contributed by atoms with Gasteiger partial charge in [0.25, 0.3) is 0 Å². The van der Waals surface area contributed by atoms with Gasteiger partial charge in [0.15, 0.2) is 0 Å². The summed E-state index contributed by atoms with van der Waals surface area (Å²) in [7, 11) is 1.71. The minimum Gasteiger partial charge on any atom is -0.385 e. The average Bonchev–Trinajstić information content (AvgIpc) is 2.40. The largest absolute Gasteiger partial charge is 0.385 e. The zero-order valence-electron chi connectivity index (χ0n) is 11.9. The van der Waals surface area contributed by atoms with Gasteiger partial charge in [0.2, 0.25) is 0 Å². The van der Waals surface area contributed by atoms with Crippen molar-refractivity contribution in [3.05, 3.63) is 34.1 Å². The second kappa shape index (κ2) is 8.67. The van der Waals surface area contributed by atoms with E-state index in [4.69, 9.17) is 4.74 Å². The van der Waals surface area contributed by atoms with E-state index in [1.807, 2.05) is 0 Å². The summed E-state index contributed by atoms with van der Waals surface area (Å²) in [6, 6.07) is 5.00. The van der Waals surface area contributed by atoms with Gasteiger partial charge in [-0.2, -0.15) is 0 Å². The minimum atomic E-state index is -0.194. The van der Waals surface area contributed by atoms with Crippen LogP contribution in [0, 0.1) is 11.7 Å². The molecular formula is C15H23BrFNO. The van der Waals surface area contributed by atoms with E-state index < -0.39 is 0 Å². The zero-order valence-corrected chi connectivity index (χ0v) is 13.5. The Morgan fingerprint density at radius 1 is 1.42 bits per heavy atom. The summed E-state index contributed by atoms with van der Waals surface area (Å²) in [5.41, 5.74) is 0.983. The van der Waals surface area contributed by atoms with E-state index in [0.717, 1.165) is 36.0 Å². The summed E-state index contributed by atoms with van der Waals surface area (Å²) in [6.45, 7) is 5.94. The molecule has 0 aliphatic carbocycles. The van der Waals surface area contributed by atoms with Gasteiger partial charge in [-0.25, -0.2) is 4.39 Å². The number of halogens is 2. The van der Waals surface area contributed by atoms with Gasteiger partial charge in [0.05, 0.1) is 0 Å². The molecule has 4 heteroatoms. The third kappa shape index (κ3) is 5.21. The van der Waals surface area contributed by atoms with Crippen LogP contribution in [-0.4, -0.2) is 20.3 Å². The first-order chi connectivity index (χ1) is 9.10. The number of methoxy groups -OCH3 is 1. The molecule has 0 heterocycles. The number of benzene rings is 1. The van der Waals surface area contributed by atoms with Crippen LogP contribution in [0.5, 0.6) is 0 Å². The van der Waals surface area contributed by atoms with Crippen molar-refractivity contribution in [2.75, 3.05) is 20.3 Å². The number of hydrogen-bond acceptors (Lipinski definition) is 2. The molecule has 19 heavy (non-hydrogen) atoms. The summed E-state index contributed by atoms with van der Waals surface area (Å²) in [5, 5.41) is 3.51. The molecule has 2 unspecified atom stereocenters. The summed E-state index contributed by atoms with van der Waals surface area (Å²) in [4.78, 5) is 0. The normalized spacial score (nSPS) is 14.4. The second-order valence-electron chi connectivity index (χ2n) is 4.86. The van der Waals surface area contributed by atoms with Gasteiger partial charge >= 0.3 is 0 Å². The minimum absolute atomic E-state index is 0.139. The molecule has 108 valence electrons. The van der Waals surface area contributed by atoms with Crippen LogP contribution in [0.15, 0.2) is 22.7 Å². The maximum absolute atomic E-state index is 13.5. The quantitative estimate of drug-likeness (QED) is 0.766. The monoisotopic (exact) mass is 331 g/mol. The van der Waals surface area contributed by atoms with Gasteiger partial charge in [0, 0.05) is 24.2 Å². The Morgan fingerprint density at radius 3 is 2.79 bits per heavy atom. The second-order valence-corrected chi connectivity index (χ2v) is 5.71. The van der Waals surface area contributed by atoms with Crippen molar-refractivity contribution in [1.82, 2.24) is 5.32 Å². The maximum Gasteiger partial charge on any atom is 0.123 e. The Labute approximate surface area is 123 Å². The fraction of sp³-hybridized carbons (Fsp3) is 0.600. The molecule has 0 aliphatic heterocycles. The highest BCUT2D eigenvalue weighted by atomic mass is 79.9. The van der Waals surface area contributed by atoms with Crippen LogP contribution in [0.3, 0.4) is 0 Å². The lowest BCUT2D eigenvalue weighted by Gasteiger charge is -2.26. The molecule has 1 aromatic rings. The van der Waals surface area contributed by atoms with Crippen LogP contribution >= 0.6 is 15.9 Å². The molecule has 0 radical (unpaired) electrons. The van der Waals surface area contributed by atoms with Gasteiger partial charge in [-0.15, -0.1) is 0 Å². The van der Waals surface area contributed by atoms with Crippen molar-refractivity contribution in [1.29, 1.82) is 0 Å². The highest BCUT2D eigenvalue weighted by molar-refractivity contribution is 9.10. The molecule has 0 amide bonds. The van der Waals surface area contributed by atoms with Crippen LogP contribution < -0.4 is 5.32 Å². The fourth-order valence-electron chi connectivity index (χ4n) is 2.14. The van der Waals surface area contributed by atoms with E-state index in [9.17, 15) is 4.39 Å². The van der Waals surface area contributed by atoms with Crippen molar-refractivity contribution in [2.45, 2.75) is 32.7 Å². The number of rotatable bonds is 8. The predicted octanol–water partition coefficient (Wildman–Crippen LogP) is 4.30. The van der Waals surface area contributed by atoms with Crippen LogP contribution in [-0.2, 0) is 4.74 Å². The third-order valence-electron chi connectivity index (χ3n) is 3.25. The standard InChI is InChI=1S/C15H23BrFNO/c1-4-8-18-15(11(2)7-9-19-3)13-10-12(17)5-6-14(13)16/h5-6,10-11,15,18H,4,7-9H2,1-3H3. The zero-order chi connectivity index (χ0) is 14.3. The van der Waals surface area contributed by atoms with E-state index in [1.54, 1.807) is 19.2 Å². The van der Waals surface area contributed by atoms with Crippen molar-refractivity contribution in [3.8, 4) is 0 Å². The van der Waals surface area contributed by atoms with Crippen molar-refractivity contribution in [2.24, 2.45) is 5.92 Å². The Kier molecular flexibility index (Phi) is 7.57. The Hall–Kier alpha value is -0.450. The topological polar surface area (TPSA) is 21.3 Å². The molecular weight excluding hydrogens is 309 g/mol. The lowest BCUT2D eigenvalue weighted by Crippen LogP contribution is -2.28. The van der Waals surface area contributed by atoms with E-state index in [1.165, 1.54) is 6.07 Å². The molecule has 0 aromatic heterocycles. The van der Waals surface area contributed by atoms with Gasteiger partial charge in [-0.1, -0.05) is 29.8 Å². The third-order valence-corrected chi connectivity index (χ3v) is 3.98.